The summed E-state index contributed by atoms with van der Waals surface area (Å²) < 4.78 is 0. The summed E-state index contributed by atoms with van der Waals surface area (Å²) in [6.07, 6.45) is 3.12. The van der Waals surface area contributed by atoms with Crippen molar-refractivity contribution in [1.82, 2.24) is 5.32 Å². The zero-order valence-corrected chi connectivity index (χ0v) is 6.18. The van der Waals surface area contributed by atoms with Crippen LogP contribution in [0.3, 0.4) is 0 Å². The van der Waals surface area contributed by atoms with E-state index in [0.29, 0.717) is 0 Å². The Hall–Kier alpha value is -0.370. The quantitative estimate of drug-likeness (QED) is 0.557. The van der Waals surface area contributed by atoms with Gasteiger partial charge in [-0.15, -0.1) is 0 Å². The van der Waals surface area contributed by atoms with Crippen LogP contribution in [0.1, 0.15) is 19.8 Å². The lowest BCUT2D eigenvalue weighted by atomic mass is 10.1. The van der Waals surface area contributed by atoms with Crippen molar-refractivity contribution in [3.8, 4) is 0 Å². The van der Waals surface area contributed by atoms with Crippen molar-refractivity contribution in [3.05, 3.63) is 0 Å². The Bertz CT molecular complexity index is 67.3. The SMILES string of the molecule is CCCC(C=O)CNC. The van der Waals surface area contributed by atoms with Gasteiger partial charge in [-0.1, -0.05) is 13.3 Å². The maximum atomic E-state index is 10.2. The summed E-state index contributed by atoms with van der Waals surface area (Å²) in [6, 6.07) is 0. The van der Waals surface area contributed by atoms with Gasteiger partial charge in [-0.05, 0) is 13.5 Å². The normalized spacial score (nSPS) is 13.1. The van der Waals surface area contributed by atoms with Crippen molar-refractivity contribution >= 4 is 6.29 Å². The molecule has 0 rings (SSSR count). The first-order valence-corrected chi connectivity index (χ1v) is 3.45. The molecule has 0 aliphatic heterocycles. The summed E-state index contributed by atoms with van der Waals surface area (Å²) in [4.78, 5) is 10.2. The van der Waals surface area contributed by atoms with E-state index in [1.54, 1.807) is 0 Å². The molecule has 1 unspecified atom stereocenters. The summed E-state index contributed by atoms with van der Waals surface area (Å²) in [5.74, 6) is 0.222. The molecule has 0 aromatic carbocycles. The predicted octanol–water partition coefficient (Wildman–Crippen LogP) is 0.821. The second kappa shape index (κ2) is 5.76. The third kappa shape index (κ3) is 4.15. The smallest absolute Gasteiger partial charge is 0.124 e. The minimum atomic E-state index is 0.222. The van der Waals surface area contributed by atoms with Crippen LogP contribution in [0.25, 0.3) is 0 Å². The van der Waals surface area contributed by atoms with Crippen LogP contribution in [-0.4, -0.2) is 19.9 Å². The van der Waals surface area contributed by atoms with E-state index >= 15 is 0 Å². The van der Waals surface area contributed by atoms with Crippen molar-refractivity contribution < 1.29 is 4.79 Å². The molecular formula is C7H15NO. The van der Waals surface area contributed by atoms with E-state index in [4.69, 9.17) is 0 Å². The summed E-state index contributed by atoms with van der Waals surface area (Å²) >= 11 is 0. The maximum Gasteiger partial charge on any atom is 0.124 e. The Morgan fingerprint density at radius 3 is 2.67 bits per heavy atom. The number of nitrogens with one attached hydrogen (secondary N) is 1. The van der Waals surface area contributed by atoms with Crippen LogP contribution in [0.15, 0.2) is 0 Å². The highest BCUT2D eigenvalue weighted by molar-refractivity contribution is 5.53. The average Bonchev–Trinajstić information content (AvgIpc) is 1.88. The molecule has 0 aliphatic carbocycles. The van der Waals surface area contributed by atoms with E-state index in [9.17, 15) is 4.79 Å². The summed E-state index contributed by atoms with van der Waals surface area (Å²) in [5.41, 5.74) is 0. The first-order chi connectivity index (χ1) is 4.35. The van der Waals surface area contributed by atoms with Crippen LogP contribution in [0.2, 0.25) is 0 Å². The van der Waals surface area contributed by atoms with Gasteiger partial charge in [-0.2, -0.15) is 0 Å². The van der Waals surface area contributed by atoms with Gasteiger partial charge in [0.25, 0.3) is 0 Å². The van der Waals surface area contributed by atoms with Gasteiger partial charge in [-0.3, -0.25) is 0 Å². The lowest BCUT2D eigenvalue weighted by molar-refractivity contribution is -0.111. The summed E-state index contributed by atoms with van der Waals surface area (Å²) in [7, 11) is 1.87. The molecule has 0 aromatic heterocycles. The van der Waals surface area contributed by atoms with Crippen LogP contribution in [0.5, 0.6) is 0 Å². The topological polar surface area (TPSA) is 29.1 Å². The monoisotopic (exact) mass is 129 g/mol. The minimum absolute atomic E-state index is 0.222. The molecule has 0 saturated carbocycles. The van der Waals surface area contributed by atoms with Gasteiger partial charge in [0.15, 0.2) is 0 Å². The van der Waals surface area contributed by atoms with Crippen LogP contribution in [-0.2, 0) is 4.79 Å². The fraction of sp³-hybridized carbons (Fsp3) is 0.857. The number of rotatable bonds is 5. The number of carbonyl (C=O) groups excluding carboxylic acids is 1. The van der Waals surface area contributed by atoms with Crippen molar-refractivity contribution in [3.63, 3.8) is 0 Å². The average molecular weight is 129 g/mol. The van der Waals surface area contributed by atoms with Crippen molar-refractivity contribution in [2.24, 2.45) is 5.92 Å². The molecule has 0 bridgehead atoms. The third-order valence-electron chi connectivity index (χ3n) is 1.32. The molecular weight excluding hydrogens is 114 g/mol. The molecule has 54 valence electrons. The lowest BCUT2D eigenvalue weighted by Gasteiger charge is -2.05. The highest BCUT2D eigenvalue weighted by atomic mass is 16.1. The number of hydrogen-bond donors (Lipinski definition) is 1. The zero-order chi connectivity index (χ0) is 7.11. The Morgan fingerprint density at radius 2 is 2.33 bits per heavy atom. The number of carbonyl (C=O) groups is 1. The van der Waals surface area contributed by atoms with E-state index < -0.39 is 0 Å². The molecule has 0 amide bonds. The largest absolute Gasteiger partial charge is 0.319 e. The summed E-state index contributed by atoms with van der Waals surface area (Å²) in [5, 5.41) is 2.97. The highest BCUT2D eigenvalue weighted by Crippen LogP contribution is 1.99. The molecule has 1 N–H and O–H groups in total. The molecule has 2 heteroatoms. The van der Waals surface area contributed by atoms with Crippen LogP contribution >= 0.6 is 0 Å². The van der Waals surface area contributed by atoms with Gasteiger partial charge < -0.3 is 10.1 Å². The molecule has 0 saturated heterocycles. The predicted molar refractivity (Wildman–Crippen MR) is 38.4 cm³/mol. The Balaban J connectivity index is 3.29. The zero-order valence-electron chi connectivity index (χ0n) is 6.18. The first-order valence-electron chi connectivity index (χ1n) is 3.45. The van der Waals surface area contributed by atoms with Crippen LogP contribution < -0.4 is 5.32 Å². The first kappa shape index (κ1) is 8.63. The molecule has 2 nitrogen and oxygen atoms in total. The second-order valence-electron chi connectivity index (χ2n) is 2.24. The molecule has 0 radical (unpaired) electrons. The van der Waals surface area contributed by atoms with E-state index in [2.05, 4.69) is 12.2 Å². The molecule has 0 heterocycles. The lowest BCUT2D eigenvalue weighted by Crippen LogP contribution is -2.19. The number of aldehydes is 1. The van der Waals surface area contributed by atoms with Gasteiger partial charge in [0.05, 0.1) is 0 Å². The molecule has 0 aliphatic rings. The second-order valence-corrected chi connectivity index (χ2v) is 2.24. The Labute approximate surface area is 56.6 Å². The molecule has 0 aromatic rings. The van der Waals surface area contributed by atoms with Crippen LogP contribution in [0.4, 0.5) is 0 Å². The molecule has 0 fully saturated rings. The van der Waals surface area contributed by atoms with Crippen molar-refractivity contribution in [2.75, 3.05) is 13.6 Å². The van der Waals surface area contributed by atoms with E-state index in [1.165, 1.54) is 0 Å². The molecule has 0 spiro atoms. The van der Waals surface area contributed by atoms with Crippen molar-refractivity contribution in [1.29, 1.82) is 0 Å². The number of hydrogen-bond acceptors (Lipinski definition) is 2. The third-order valence-corrected chi connectivity index (χ3v) is 1.32. The van der Waals surface area contributed by atoms with Gasteiger partial charge in [-0.25, -0.2) is 0 Å². The maximum absolute atomic E-state index is 10.2. The standard InChI is InChI=1S/C7H15NO/c1-3-4-7(6-9)5-8-2/h6-8H,3-5H2,1-2H3. The van der Waals surface area contributed by atoms with Gasteiger partial charge in [0.1, 0.15) is 6.29 Å². The van der Waals surface area contributed by atoms with E-state index in [-0.39, 0.29) is 5.92 Å². The highest BCUT2D eigenvalue weighted by Gasteiger charge is 2.02. The fourth-order valence-corrected chi connectivity index (χ4v) is 0.851. The fourth-order valence-electron chi connectivity index (χ4n) is 0.851. The van der Waals surface area contributed by atoms with Gasteiger partial charge in [0, 0.05) is 12.5 Å². The van der Waals surface area contributed by atoms with E-state index in [0.717, 1.165) is 25.7 Å². The summed E-state index contributed by atoms with van der Waals surface area (Å²) in [6.45, 7) is 2.91. The Morgan fingerprint density at radius 1 is 1.67 bits per heavy atom. The molecule has 9 heavy (non-hydrogen) atoms. The minimum Gasteiger partial charge on any atom is -0.319 e. The van der Waals surface area contributed by atoms with E-state index in [1.807, 2.05) is 7.05 Å². The van der Waals surface area contributed by atoms with Crippen molar-refractivity contribution in [2.45, 2.75) is 19.8 Å². The Kier molecular flexibility index (Phi) is 5.52. The molecule has 1 atom stereocenters. The van der Waals surface area contributed by atoms with Crippen LogP contribution in [0, 0.1) is 5.92 Å². The van der Waals surface area contributed by atoms with Gasteiger partial charge in [0.2, 0.25) is 0 Å². The van der Waals surface area contributed by atoms with Gasteiger partial charge >= 0.3 is 0 Å².